The summed E-state index contributed by atoms with van der Waals surface area (Å²) < 4.78 is 5.19. The summed E-state index contributed by atoms with van der Waals surface area (Å²) in [7, 11) is 3.58. The van der Waals surface area contributed by atoms with E-state index >= 15 is 0 Å². The van der Waals surface area contributed by atoms with Crippen molar-refractivity contribution in [2.75, 3.05) is 14.2 Å². The summed E-state index contributed by atoms with van der Waals surface area (Å²) in [6.07, 6.45) is 6.20. The van der Waals surface area contributed by atoms with E-state index in [1.807, 2.05) is 43.7 Å². The highest BCUT2D eigenvalue weighted by atomic mass is 16.5. The lowest BCUT2D eigenvalue weighted by Gasteiger charge is -2.16. The van der Waals surface area contributed by atoms with Crippen LogP contribution < -0.4 is 10.1 Å². The molecule has 0 fully saturated rings. The second-order valence-electron chi connectivity index (χ2n) is 4.02. The number of methoxy groups -OCH3 is 1. The van der Waals surface area contributed by atoms with E-state index in [2.05, 4.69) is 15.3 Å². The predicted octanol–water partition coefficient (Wildman–Crippen LogP) is 1.99. The molecule has 18 heavy (non-hydrogen) atoms. The highest BCUT2D eigenvalue weighted by Gasteiger charge is 2.11. The van der Waals surface area contributed by atoms with Gasteiger partial charge >= 0.3 is 0 Å². The van der Waals surface area contributed by atoms with Crippen LogP contribution in [0.2, 0.25) is 0 Å². The van der Waals surface area contributed by atoms with Crippen LogP contribution in [0.3, 0.4) is 0 Å². The average molecular weight is 243 g/mol. The molecule has 2 aromatic heterocycles. The van der Waals surface area contributed by atoms with Gasteiger partial charge in [0.25, 0.3) is 0 Å². The van der Waals surface area contributed by atoms with Gasteiger partial charge in [-0.05, 0) is 30.8 Å². The SMILES string of the molecule is CNC(Cc1ccccn1)c1cncc(OC)c1. The Bertz CT molecular complexity index is 487. The molecule has 2 aromatic rings. The predicted molar refractivity (Wildman–Crippen MR) is 70.5 cm³/mol. The van der Waals surface area contributed by atoms with Gasteiger partial charge in [0.1, 0.15) is 5.75 Å². The van der Waals surface area contributed by atoms with Gasteiger partial charge in [0.2, 0.25) is 0 Å². The van der Waals surface area contributed by atoms with E-state index in [4.69, 9.17) is 4.74 Å². The molecule has 4 heteroatoms. The number of ether oxygens (including phenoxy) is 1. The summed E-state index contributed by atoms with van der Waals surface area (Å²) in [4.78, 5) is 8.52. The van der Waals surface area contributed by atoms with E-state index in [1.54, 1.807) is 13.3 Å². The van der Waals surface area contributed by atoms with Crippen molar-refractivity contribution in [3.63, 3.8) is 0 Å². The zero-order valence-electron chi connectivity index (χ0n) is 10.6. The first-order valence-electron chi connectivity index (χ1n) is 5.89. The van der Waals surface area contributed by atoms with Crippen LogP contribution in [0.1, 0.15) is 17.3 Å². The molecule has 0 saturated heterocycles. The number of hydrogen-bond donors (Lipinski definition) is 1. The minimum absolute atomic E-state index is 0.183. The molecule has 1 N–H and O–H groups in total. The third-order valence-electron chi connectivity index (χ3n) is 2.86. The zero-order chi connectivity index (χ0) is 12.8. The van der Waals surface area contributed by atoms with Crippen LogP contribution in [0.25, 0.3) is 0 Å². The molecule has 0 aliphatic rings. The van der Waals surface area contributed by atoms with E-state index in [9.17, 15) is 0 Å². The van der Waals surface area contributed by atoms with Gasteiger partial charge < -0.3 is 10.1 Å². The van der Waals surface area contributed by atoms with Crippen molar-refractivity contribution < 1.29 is 4.74 Å². The summed E-state index contributed by atoms with van der Waals surface area (Å²) in [6.45, 7) is 0. The molecule has 1 atom stereocenters. The van der Waals surface area contributed by atoms with Crippen molar-refractivity contribution in [3.05, 3.63) is 54.1 Å². The number of likely N-dealkylation sites (N-methyl/N-ethyl adjacent to an activating group) is 1. The van der Waals surface area contributed by atoms with E-state index in [1.165, 1.54) is 0 Å². The van der Waals surface area contributed by atoms with Gasteiger partial charge in [-0.3, -0.25) is 9.97 Å². The highest BCUT2D eigenvalue weighted by Crippen LogP contribution is 2.20. The summed E-state index contributed by atoms with van der Waals surface area (Å²) in [5.74, 6) is 0.772. The summed E-state index contributed by atoms with van der Waals surface area (Å²) in [5.41, 5.74) is 2.15. The van der Waals surface area contributed by atoms with Gasteiger partial charge in [-0.15, -0.1) is 0 Å². The summed E-state index contributed by atoms with van der Waals surface area (Å²) >= 11 is 0. The first-order chi connectivity index (χ1) is 8.83. The molecule has 0 bridgehead atoms. The molecule has 0 aromatic carbocycles. The maximum Gasteiger partial charge on any atom is 0.137 e. The molecule has 2 heterocycles. The van der Waals surface area contributed by atoms with Crippen LogP contribution >= 0.6 is 0 Å². The van der Waals surface area contributed by atoms with Crippen molar-refractivity contribution in [2.24, 2.45) is 0 Å². The Labute approximate surface area is 107 Å². The third-order valence-corrected chi connectivity index (χ3v) is 2.86. The largest absolute Gasteiger partial charge is 0.495 e. The van der Waals surface area contributed by atoms with Crippen LogP contribution in [-0.2, 0) is 6.42 Å². The van der Waals surface area contributed by atoms with E-state index in [-0.39, 0.29) is 6.04 Å². The standard InChI is InChI=1S/C14H17N3O/c1-15-14(8-12-5-3-4-6-17-12)11-7-13(18-2)10-16-9-11/h3-7,9-10,14-15H,8H2,1-2H3. The second-order valence-corrected chi connectivity index (χ2v) is 4.02. The third kappa shape index (κ3) is 3.05. The fraction of sp³-hybridized carbons (Fsp3) is 0.286. The highest BCUT2D eigenvalue weighted by molar-refractivity contribution is 5.27. The molecule has 0 aliphatic heterocycles. The molecule has 0 spiro atoms. The van der Waals surface area contributed by atoms with Crippen LogP contribution in [0.15, 0.2) is 42.9 Å². The van der Waals surface area contributed by atoms with Crippen molar-refractivity contribution in [1.82, 2.24) is 15.3 Å². The van der Waals surface area contributed by atoms with Gasteiger partial charge in [-0.25, -0.2) is 0 Å². The van der Waals surface area contributed by atoms with Crippen molar-refractivity contribution in [1.29, 1.82) is 0 Å². The first kappa shape index (κ1) is 12.5. The monoisotopic (exact) mass is 243 g/mol. The van der Waals surface area contributed by atoms with E-state index in [0.717, 1.165) is 23.4 Å². The number of pyridine rings is 2. The molecule has 0 radical (unpaired) electrons. The average Bonchev–Trinajstić information content (AvgIpc) is 2.46. The van der Waals surface area contributed by atoms with Crippen LogP contribution in [0.5, 0.6) is 5.75 Å². The molecule has 4 nitrogen and oxygen atoms in total. The van der Waals surface area contributed by atoms with Gasteiger partial charge in [0, 0.05) is 30.6 Å². The van der Waals surface area contributed by atoms with Gasteiger partial charge in [-0.2, -0.15) is 0 Å². The molecule has 1 unspecified atom stereocenters. The number of nitrogens with zero attached hydrogens (tertiary/aromatic N) is 2. The van der Waals surface area contributed by atoms with Gasteiger partial charge in [-0.1, -0.05) is 6.07 Å². The van der Waals surface area contributed by atoms with Crippen molar-refractivity contribution in [2.45, 2.75) is 12.5 Å². The van der Waals surface area contributed by atoms with E-state index in [0.29, 0.717) is 0 Å². The Morgan fingerprint density at radius 1 is 1.33 bits per heavy atom. The number of rotatable bonds is 5. The molecule has 94 valence electrons. The van der Waals surface area contributed by atoms with Crippen LogP contribution in [-0.4, -0.2) is 24.1 Å². The lowest BCUT2D eigenvalue weighted by molar-refractivity contribution is 0.411. The maximum absolute atomic E-state index is 5.19. The Hall–Kier alpha value is -1.94. The topological polar surface area (TPSA) is 47.0 Å². The maximum atomic E-state index is 5.19. The van der Waals surface area contributed by atoms with Crippen LogP contribution in [0, 0.1) is 0 Å². The Balaban J connectivity index is 2.17. The lowest BCUT2D eigenvalue weighted by Crippen LogP contribution is -2.19. The number of nitrogens with one attached hydrogen (secondary N) is 1. The summed E-state index contributed by atoms with van der Waals surface area (Å²) in [5, 5.41) is 3.28. The Morgan fingerprint density at radius 3 is 2.89 bits per heavy atom. The van der Waals surface area contributed by atoms with E-state index < -0.39 is 0 Å². The fourth-order valence-corrected chi connectivity index (χ4v) is 1.85. The number of aromatic nitrogens is 2. The van der Waals surface area contributed by atoms with Crippen LogP contribution in [0.4, 0.5) is 0 Å². The molecule has 2 rings (SSSR count). The van der Waals surface area contributed by atoms with Gasteiger partial charge in [0.05, 0.1) is 13.3 Å². The quantitative estimate of drug-likeness (QED) is 0.872. The molecular formula is C14H17N3O. The normalized spacial score (nSPS) is 12.1. The second kappa shape index (κ2) is 6.12. The lowest BCUT2D eigenvalue weighted by atomic mass is 10.0. The van der Waals surface area contributed by atoms with Crippen molar-refractivity contribution in [3.8, 4) is 5.75 Å². The Morgan fingerprint density at radius 2 is 2.22 bits per heavy atom. The first-order valence-corrected chi connectivity index (χ1v) is 5.89. The van der Waals surface area contributed by atoms with Gasteiger partial charge in [0.15, 0.2) is 0 Å². The van der Waals surface area contributed by atoms with Crippen molar-refractivity contribution >= 4 is 0 Å². The molecule has 0 aliphatic carbocycles. The summed E-state index contributed by atoms with van der Waals surface area (Å²) in [6, 6.07) is 8.13. The minimum atomic E-state index is 0.183. The molecule has 0 saturated carbocycles. The molecular weight excluding hydrogens is 226 g/mol. The zero-order valence-corrected chi connectivity index (χ0v) is 10.6. The number of hydrogen-bond acceptors (Lipinski definition) is 4. The smallest absolute Gasteiger partial charge is 0.137 e. The Kier molecular flexibility index (Phi) is 4.25. The minimum Gasteiger partial charge on any atom is -0.495 e. The molecule has 0 amide bonds. The fourth-order valence-electron chi connectivity index (χ4n) is 1.85.